The molecule has 0 saturated heterocycles. The minimum atomic E-state index is -0.602. The molecule has 8 heteroatoms. The third-order valence-corrected chi connectivity index (χ3v) is 1.76. The fourth-order valence-corrected chi connectivity index (χ4v) is 1.07. The Labute approximate surface area is 111 Å². The topological polar surface area (TPSA) is 123 Å². The second-order valence-electron chi connectivity index (χ2n) is 3.22. The average molecular weight is 292 g/mol. The third kappa shape index (κ3) is 11.2. The van der Waals surface area contributed by atoms with E-state index in [4.69, 9.17) is 11.5 Å². The zero-order valence-electron chi connectivity index (χ0n) is 9.63. The first kappa shape index (κ1) is 18.3. The number of carbonyl (C=O) groups is 1. The van der Waals surface area contributed by atoms with E-state index in [1.54, 1.807) is 13.3 Å². The maximum Gasteiger partial charge on any atom is 1.00 e. The van der Waals surface area contributed by atoms with Crippen LogP contribution >= 0.6 is 0 Å². The van der Waals surface area contributed by atoms with Gasteiger partial charge in [-0.3, -0.25) is 9.79 Å². The molecule has 0 aliphatic rings. The average Bonchev–Trinajstić information content (AvgIpc) is 2.22. The number of aliphatic imine (C=N–C) groups is 1. The summed E-state index contributed by atoms with van der Waals surface area (Å²) in [7, 11) is 1.65. The Morgan fingerprint density at radius 2 is 2.12 bits per heavy atom. The van der Waals surface area contributed by atoms with Crippen LogP contribution in [0.2, 0.25) is 0 Å². The Morgan fingerprint density at radius 1 is 1.47 bits per heavy atom. The van der Waals surface area contributed by atoms with E-state index in [9.17, 15) is 9.59 Å². The Morgan fingerprint density at radius 3 is 2.59 bits per heavy atom. The molecule has 0 aromatic rings. The number of nitrogens with one attached hydrogen (secondary N) is 2. The Balaban J connectivity index is 0. The summed E-state index contributed by atoms with van der Waals surface area (Å²) in [4.78, 5) is 25.4. The van der Waals surface area contributed by atoms with Crippen molar-refractivity contribution in [3.8, 4) is 0 Å². The minimum absolute atomic E-state index is 0. The monoisotopic (exact) mass is 291 g/mol. The van der Waals surface area contributed by atoms with Crippen molar-refractivity contribution >= 4 is 18.2 Å². The number of nitrogens with two attached hydrogens (primary N) is 2. The first-order chi connectivity index (χ1) is 7.60. The number of hydrogen-bond donors (Lipinski definition) is 4. The van der Waals surface area contributed by atoms with Gasteiger partial charge in [-0.1, -0.05) is 12.5 Å². The molecule has 0 aromatic heterocycles. The summed E-state index contributed by atoms with van der Waals surface area (Å²) in [5.41, 5.74) is 10.3. The van der Waals surface area contributed by atoms with Crippen LogP contribution in [-0.2, 0) is 26.7 Å². The molecule has 0 aliphatic carbocycles. The number of rotatable bonds is 8. The van der Waals surface area contributed by atoms with E-state index < -0.39 is 6.04 Å². The number of amides is 1. The van der Waals surface area contributed by atoms with E-state index in [1.807, 2.05) is 0 Å². The molecule has 0 radical (unpaired) electrons. The van der Waals surface area contributed by atoms with E-state index in [0.29, 0.717) is 19.4 Å². The van der Waals surface area contributed by atoms with Gasteiger partial charge in [0.2, 0.25) is 5.91 Å². The molecule has 1 atom stereocenters. The number of likely N-dealkylation sites (N-methyl/N-ethyl adjacent to an activating group) is 1. The molecule has 0 saturated carbocycles. The molecular weight excluding hydrogens is 274 g/mol. The van der Waals surface area contributed by atoms with Gasteiger partial charge < -0.3 is 26.9 Å². The maximum atomic E-state index is 11.1. The summed E-state index contributed by atoms with van der Waals surface area (Å²) in [6.07, 6.45) is 2.84. The number of carbonyl (C=O) groups excluding carboxylic acids is 2. The fraction of sp³-hybridized carbons (Fsp3) is 0.667. The second-order valence-corrected chi connectivity index (χ2v) is 3.22. The molecule has 0 heterocycles. The summed E-state index contributed by atoms with van der Waals surface area (Å²) in [5, 5.41) is 5.20. The van der Waals surface area contributed by atoms with Crippen LogP contribution in [0.1, 0.15) is 12.8 Å². The van der Waals surface area contributed by atoms with Gasteiger partial charge in [0, 0.05) is 6.54 Å². The third-order valence-electron chi connectivity index (χ3n) is 1.76. The van der Waals surface area contributed by atoms with Crippen LogP contribution in [0.4, 0.5) is 0 Å². The fourth-order valence-electron chi connectivity index (χ4n) is 1.07. The first-order valence-electron chi connectivity index (χ1n) is 4.97. The summed E-state index contributed by atoms with van der Waals surface area (Å²) < 4.78 is 0. The summed E-state index contributed by atoms with van der Waals surface area (Å²) >= 11 is 0. The summed E-state index contributed by atoms with van der Waals surface area (Å²) in [6, 6.07) is -0.602. The number of nitrogens with zero attached hydrogens (tertiary/aromatic N) is 1. The van der Waals surface area contributed by atoms with Crippen molar-refractivity contribution in [2.24, 2.45) is 16.5 Å². The van der Waals surface area contributed by atoms with Gasteiger partial charge in [0.15, 0.2) is 5.96 Å². The van der Waals surface area contributed by atoms with Crippen LogP contribution < -0.4 is 22.1 Å². The van der Waals surface area contributed by atoms with Crippen molar-refractivity contribution in [1.82, 2.24) is 10.6 Å². The number of guanidine groups is 1. The standard InChI is InChI=1S/C9H18N5O2.Cu/c1-12-5-8(16)14-7(6-15)3-2-4-13-9(10)11;/h7,12H,2-5H2,1H3,(H,14,16)(H4,10,11,13);/q-1;+1/t7-;/m0./s1. The minimum Gasteiger partial charge on any atom is -0.540 e. The van der Waals surface area contributed by atoms with Gasteiger partial charge in [0.25, 0.3) is 0 Å². The van der Waals surface area contributed by atoms with Crippen molar-refractivity contribution in [2.45, 2.75) is 18.9 Å². The molecule has 0 rings (SSSR count). The van der Waals surface area contributed by atoms with Gasteiger partial charge in [-0.05, 0) is 13.5 Å². The van der Waals surface area contributed by atoms with Crippen LogP contribution in [0.15, 0.2) is 4.99 Å². The normalized spacial score (nSPS) is 10.9. The molecule has 6 N–H and O–H groups in total. The van der Waals surface area contributed by atoms with E-state index in [1.165, 1.54) is 0 Å². The molecule has 0 spiro atoms. The van der Waals surface area contributed by atoms with Gasteiger partial charge in [0.1, 0.15) is 0 Å². The van der Waals surface area contributed by atoms with Gasteiger partial charge in [-0.2, -0.15) is 0 Å². The van der Waals surface area contributed by atoms with Gasteiger partial charge in [-0.15, -0.1) is 0 Å². The largest absolute Gasteiger partial charge is 1.00 e. The van der Waals surface area contributed by atoms with E-state index >= 15 is 0 Å². The smallest absolute Gasteiger partial charge is 0.540 e. The molecule has 0 fully saturated rings. The quantitative estimate of drug-likeness (QED) is 0.134. The van der Waals surface area contributed by atoms with Crippen molar-refractivity contribution in [1.29, 1.82) is 0 Å². The van der Waals surface area contributed by atoms with E-state index in [2.05, 4.69) is 15.6 Å². The Hall–Kier alpha value is -1.11. The zero-order valence-corrected chi connectivity index (χ0v) is 10.6. The van der Waals surface area contributed by atoms with Gasteiger partial charge >= 0.3 is 17.1 Å². The summed E-state index contributed by atoms with van der Waals surface area (Å²) in [6.45, 7) is 0.606. The SMILES string of the molecule is CNCC(=O)N[C@H]([C-]=O)CCCN=C(N)N.[Cu+]. The van der Waals surface area contributed by atoms with Crippen molar-refractivity contribution < 1.29 is 26.7 Å². The molecule has 102 valence electrons. The molecule has 0 aromatic carbocycles. The van der Waals surface area contributed by atoms with E-state index in [0.717, 1.165) is 0 Å². The van der Waals surface area contributed by atoms with Crippen LogP contribution in [0.25, 0.3) is 0 Å². The van der Waals surface area contributed by atoms with Crippen LogP contribution in [0.3, 0.4) is 0 Å². The van der Waals surface area contributed by atoms with Crippen LogP contribution in [-0.4, -0.2) is 44.3 Å². The van der Waals surface area contributed by atoms with Crippen molar-refractivity contribution in [3.05, 3.63) is 0 Å². The van der Waals surface area contributed by atoms with Crippen LogP contribution in [0.5, 0.6) is 0 Å². The first-order valence-corrected chi connectivity index (χ1v) is 4.97. The van der Waals surface area contributed by atoms with Crippen LogP contribution in [0, 0.1) is 0 Å². The molecule has 17 heavy (non-hydrogen) atoms. The van der Waals surface area contributed by atoms with Crippen molar-refractivity contribution in [3.63, 3.8) is 0 Å². The molecule has 0 bridgehead atoms. The zero-order chi connectivity index (χ0) is 12.4. The predicted molar refractivity (Wildman–Crippen MR) is 61.5 cm³/mol. The Bertz CT molecular complexity index is 256. The van der Waals surface area contributed by atoms with Crippen molar-refractivity contribution in [2.75, 3.05) is 20.1 Å². The molecule has 7 nitrogen and oxygen atoms in total. The maximum absolute atomic E-state index is 11.1. The van der Waals surface area contributed by atoms with E-state index in [-0.39, 0.29) is 35.5 Å². The molecule has 0 unspecified atom stereocenters. The second kappa shape index (κ2) is 11.4. The Kier molecular flexibility index (Phi) is 12.2. The van der Waals surface area contributed by atoms with Gasteiger partial charge in [-0.25, -0.2) is 6.29 Å². The number of hydrogen-bond acceptors (Lipinski definition) is 4. The molecular formula is C9H18CuN5O2. The molecule has 1 amide bonds. The van der Waals surface area contributed by atoms with Gasteiger partial charge in [0.05, 0.1) is 6.54 Å². The summed E-state index contributed by atoms with van der Waals surface area (Å²) in [5.74, 6) is -0.219. The predicted octanol–water partition coefficient (Wildman–Crippen LogP) is -2.15. The molecule has 0 aliphatic heterocycles.